The van der Waals surface area contributed by atoms with Crippen molar-refractivity contribution < 1.29 is 23.8 Å². The number of aromatic nitrogens is 2. The van der Waals surface area contributed by atoms with E-state index in [0.29, 0.717) is 24.6 Å². The van der Waals surface area contributed by atoms with Crippen molar-refractivity contribution >= 4 is 17.6 Å². The number of hydrogen-bond acceptors (Lipinski definition) is 7. The van der Waals surface area contributed by atoms with E-state index in [1.165, 1.54) is 20.3 Å². The number of benzene rings is 1. The molecule has 0 atom stereocenters. The van der Waals surface area contributed by atoms with Crippen molar-refractivity contribution in [3.8, 4) is 5.75 Å². The van der Waals surface area contributed by atoms with Crippen molar-refractivity contribution in [2.75, 3.05) is 25.7 Å². The fourth-order valence-electron chi connectivity index (χ4n) is 2.97. The van der Waals surface area contributed by atoms with E-state index in [0.717, 1.165) is 5.69 Å². The van der Waals surface area contributed by atoms with E-state index in [1.54, 1.807) is 40.1 Å². The van der Waals surface area contributed by atoms with Crippen LogP contribution >= 0.6 is 0 Å². The summed E-state index contributed by atoms with van der Waals surface area (Å²) in [6.07, 6.45) is 8.42. The molecule has 30 heavy (non-hydrogen) atoms. The van der Waals surface area contributed by atoms with Gasteiger partial charge >= 0.3 is 11.9 Å². The summed E-state index contributed by atoms with van der Waals surface area (Å²) in [4.78, 5) is 26.5. The first-order valence-corrected chi connectivity index (χ1v) is 9.32. The zero-order chi connectivity index (χ0) is 21.5. The summed E-state index contributed by atoms with van der Waals surface area (Å²) in [5, 5.41) is 4.34. The average molecular weight is 409 g/mol. The molecule has 0 radical (unpaired) electrons. The van der Waals surface area contributed by atoms with Crippen LogP contribution in [0.2, 0.25) is 0 Å². The lowest BCUT2D eigenvalue weighted by Crippen LogP contribution is -2.27. The van der Waals surface area contributed by atoms with Crippen LogP contribution in [0.1, 0.15) is 5.69 Å². The molecule has 2 heterocycles. The molecule has 1 aromatic heterocycles. The summed E-state index contributed by atoms with van der Waals surface area (Å²) >= 11 is 0. The van der Waals surface area contributed by atoms with Gasteiger partial charge in [0.05, 0.1) is 37.7 Å². The van der Waals surface area contributed by atoms with Crippen molar-refractivity contribution in [2.24, 2.45) is 0 Å². The van der Waals surface area contributed by atoms with Gasteiger partial charge < -0.3 is 19.1 Å². The second-order valence-electron chi connectivity index (χ2n) is 6.35. The van der Waals surface area contributed by atoms with Crippen molar-refractivity contribution in [2.45, 2.75) is 13.5 Å². The standard InChI is InChI=1S/C22H23N3O5/c1-16-11-13-24(23-16)14-15-30-19-10-5-4-9-18(19)25-12-7-6-8-17(21(26)28-2)20(25)22(27)29-3/h4-13H,14-15H2,1-3H3. The first kappa shape index (κ1) is 20.9. The van der Waals surface area contributed by atoms with Crippen molar-refractivity contribution in [1.29, 1.82) is 0 Å². The molecule has 3 rings (SSSR count). The summed E-state index contributed by atoms with van der Waals surface area (Å²) in [6.45, 7) is 2.85. The number of esters is 2. The summed E-state index contributed by atoms with van der Waals surface area (Å²) in [6, 6.07) is 9.16. The molecular formula is C22H23N3O5. The number of rotatable bonds is 7. The van der Waals surface area contributed by atoms with E-state index in [-0.39, 0.29) is 11.3 Å². The Hall–Kier alpha value is -3.81. The van der Waals surface area contributed by atoms with Gasteiger partial charge in [-0.3, -0.25) is 4.68 Å². The Morgan fingerprint density at radius 3 is 2.50 bits per heavy atom. The van der Waals surface area contributed by atoms with Gasteiger partial charge in [-0.25, -0.2) is 9.59 Å². The molecule has 0 saturated heterocycles. The minimum Gasteiger partial charge on any atom is -0.489 e. The molecule has 0 amide bonds. The average Bonchev–Trinajstić information content (AvgIpc) is 3.05. The number of allylic oxidation sites excluding steroid dienone is 2. The molecular weight excluding hydrogens is 386 g/mol. The molecule has 0 bridgehead atoms. The fraction of sp³-hybridized carbons (Fsp3) is 0.227. The normalized spacial score (nSPS) is 13.2. The highest BCUT2D eigenvalue weighted by atomic mass is 16.5. The van der Waals surface area contributed by atoms with E-state index >= 15 is 0 Å². The van der Waals surface area contributed by atoms with Crippen molar-refractivity contribution in [3.63, 3.8) is 0 Å². The van der Waals surface area contributed by atoms with Gasteiger partial charge in [0, 0.05) is 12.4 Å². The quantitative estimate of drug-likeness (QED) is 0.650. The number of nitrogens with zero attached hydrogens (tertiary/aromatic N) is 3. The van der Waals surface area contributed by atoms with Crippen molar-refractivity contribution in [1.82, 2.24) is 9.78 Å². The highest BCUT2D eigenvalue weighted by Crippen LogP contribution is 2.33. The molecule has 0 spiro atoms. The maximum absolute atomic E-state index is 12.6. The van der Waals surface area contributed by atoms with E-state index in [2.05, 4.69) is 5.10 Å². The monoisotopic (exact) mass is 409 g/mol. The third-order valence-corrected chi connectivity index (χ3v) is 4.37. The Labute approximate surface area is 174 Å². The molecule has 2 aromatic rings. The smallest absolute Gasteiger partial charge is 0.355 e. The lowest BCUT2D eigenvalue weighted by atomic mass is 10.1. The molecule has 1 aliphatic rings. The van der Waals surface area contributed by atoms with Gasteiger partial charge in [0.1, 0.15) is 18.1 Å². The van der Waals surface area contributed by atoms with E-state index < -0.39 is 11.9 Å². The highest BCUT2D eigenvalue weighted by molar-refractivity contribution is 6.05. The highest BCUT2D eigenvalue weighted by Gasteiger charge is 2.28. The van der Waals surface area contributed by atoms with Crippen LogP contribution in [-0.2, 0) is 25.6 Å². The maximum Gasteiger partial charge on any atom is 0.355 e. The molecule has 8 heteroatoms. The Balaban J connectivity index is 1.94. The number of ether oxygens (including phenoxy) is 3. The largest absolute Gasteiger partial charge is 0.489 e. The van der Waals surface area contributed by atoms with Crippen LogP contribution in [0.15, 0.2) is 72.2 Å². The predicted molar refractivity (Wildman–Crippen MR) is 111 cm³/mol. The number of hydrogen-bond donors (Lipinski definition) is 0. The van der Waals surface area contributed by atoms with Crippen molar-refractivity contribution in [3.05, 3.63) is 77.9 Å². The summed E-state index contributed by atoms with van der Waals surface area (Å²) in [7, 11) is 2.52. The second-order valence-corrected chi connectivity index (χ2v) is 6.35. The van der Waals surface area contributed by atoms with Crippen LogP contribution in [0.3, 0.4) is 0 Å². The van der Waals surface area contributed by atoms with E-state index in [4.69, 9.17) is 14.2 Å². The van der Waals surface area contributed by atoms with E-state index in [9.17, 15) is 9.59 Å². The van der Waals surface area contributed by atoms with Crippen LogP contribution in [0, 0.1) is 6.92 Å². The zero-order valence-electron chi connectivity index (χ0n) is 17.1. The van der Waals surface area contributed by atoms with Gasteiger partial charge in [0.2, 0.25) is 0 Å². The van der Waals surface area contributed by atoms with Gasteiger partial charge in [0.25, 0.3) is 0 Å². The third kappa shape index (κ3) is 4.60. The third-order valence-electron chi connectivity index (χ3n) is 4.37. The summed E-state index contributed by atoms with van der Waals surface area (Å²) in [5.74, 6) is -0.778. The number of carbonyl (C=O) groups is 2. The lowest BCUT2D eigenvalue weighted by molar-refractivity contribution is -0.139. The molecule has 1 aromatic carbocycles. The Morgan fingerprint density at radius 2 is 1.80 bits per heavy atom. The number of aryl methyl sites for hydroxylation is 1. The molecule has 8 nitrogen and oxygen atoms in total. The Kier molecular flexibility index (Phi) is 6.69. The molecule has 0 aliphatic carbocycles. The van der Waals surface area contributed by atoms with Crippen LogP contribution in [0.4, 0.5) is 5.69 Å². The summed E-state index contributed by atoms with van der Waals surface area (Å²) < 4.78 is 17.6. The minimum absolute atomic E-state index is 0.0353. The van der Waals surface area contributed by atoms with E-state index in [1.807, 2.05) is 31.3 Å². The van der Waals surface area contributed by atoms with Crippen LogP contribution < -0.4 is 9.64 Å². The Morgan fingerprint density at radius 1 is 1.03 bits per heavy atom. The number of anilines is 1. The van der Waals surface area contributed by atoms with Gasteiger partial charge in [-0.05, 0) is 37.3 Å². The van der Waals surface area contributed by atoms with Gasteiger partial charge in [-0.2, -0.15) is 5.10 Å². The van der Waals surface area contributed by atoms with Crippen LogP contribution in [-0.4, -0.2) is 42.5 Å². The fourth-order valence-corrected chi connectivity index (χ4v) is 2.97. The first-order chi connectivity index (χ1) is 14.5. The Bertz CT molecular complexity index is 1020. The molecule has 1 aliphatic heterocycles. The number of methoxy groups -OCH3 is 2. The first-order valence-electron chi connectivity index (χ1n) is 9.32. The van der Waals surface area contributed by atoms with Crippen LogP contribution in [0.25, 0.3) is 0 Å². The lowest BCUT2D eigenvalue weighted by Gasteiger charge is -2.25. The van der Waals surface area contributed by atoms with Crippen LogP contribution in [0.5, 0.6) is 5.75 Å². The second kappa shape index (κ2) is 9.60. The molecule has 0 N–H and O–H groups in total. The van der Waals surface area contributed by atoms with Gasteiger partial charge in [-0.1, -0.05) is 18.2 Å². The number of para-hydroxylation sites is 2. The minimum atomic E-state index is -0.673. The predicted octanol–water partition coefficient (Wildman–Crippen LogP) is 2.76. The molecule has 0 unspecified atom stereocenters. The molecule has 156 valence electrons. The van der Waals surface area contributed by atoms with Gasteiger partial charge in [0.15, 0.2) is 0 Å². The SMILES string of the molecule is COC(=O)C1=C(C(=O)OC)N(c2ccccc2OCCn2ccc(C)n2)C=CC=C1. The zero-order valence-corrected chi connectivity index (χ0v) is 17.1. The number of carbonyl (C=O) groups excluding carboxylic acids is 2. The molecule has 0 fully saturated rings. The maximum atomic E-state index is 12.6. The molecule has 0 saturated carbocycles. The van der Waals surface area contributed by atoms with Gasteiger partial charge in [-0.15, -0.1) is 0 Å². The summed E-state index contributed by atoms with van der Waals surface area (Å²) in [5.41, 5.74) is 1.63. The topological polar surface area (TPSA) is 82.9 Å².